The van der Waals surface area contributed by atoms with Crippen molar-refractivity contribution in [2.24, 2.45) is 11.8 Å². The molecule has 27 heavy (non-hydrogen) atoms. The van der Waals surface area contributed by atoms with E-state index in [2.05, 4.69) is 39.3 Å². The highest BCUT2D eigenvalue weighted by Crippen LogP contribution is 2.27. The Morgan fingerprint density at radius 1 is 1.15 bits per heavy atom. The highest BCUT2D eigenvalue weighted by molar-refractivity contribution is 7.80. The number of aromatic nitrogens is 2. The monoisotopic (exact) mass is 423 g/mol. The van der Waals surface area contributed by atoms with Crippen LogP contribution in [0, 0.1) is 11.8 Å². The van der Waals surface area contributed by atoms with Gasteiger partial charge in [0.25, 0.3) is 0 Å². The molecule has 1 fully saturated rings. The van der Waals surface area contributed by atoms with Crippen molar-refractivity contribution in [2.75, 3.05) is 23.3 Å². The maximum Gasteiger partial charge on any atom is 0.232 e. The average molecular weight is 424 g/mol. The summed E-state index contributed by atoms with van der Waals surface area (Å²) in [5.41, 5.74) is 1.08. The molecule has 144 valence electrons. The van der Waals surface area contributed by atoms with Crippen molar-refractivity contribution in [3.8, 4) is 0 Å². The van der Waals surface area contributed by atoms with Crippen LogP contribution >= 0.6 is 35.4 Å². The molecular weight excluding hydrogens is 401 g/mol. The number of rotatable bonds is 4. The fourth-order valence-corrected chi connectivity index (χ4v) is 3.87. The van der Waals surface area contributed by atoms with Crippen LogP contribution in [0.25, 0.3) is 0 Å². The summed E-state index contributed by atoms with van der Waals surface area (Å²) in [5.74, 6) is 2.48. The van der Waals surface area contributed by atoms with Gasteiger partial charge in [-0.25, -0.2) is 4.98 Å². The number of anilines is 2. The van der Waals surface area contributed by atoms with Crippen molar-refractivity contribution in [2.45, 2.75) is 26.8 Å². The van der Waals surface area contributed by atoms with Gasteiger partial charge in [-0.05, 0) is 48.2 Å². The first-order valence-electron chi connectivity index (χ1n) is 8.98. The van der Waals surface area contributed by atoms with Gasteiger partial charge in [0.05, 0.1) is 0 Å². The van der Waals surface area contributed by atoms with E-state index in [1.807, 2.05) is 30.3 Å². The van der Waals surface area contributed by atoms with Gasteiger partial charge >= 0.3 is 0 Å². The molecule has 2 N–H and O–H groups in total. The second-order valence-electron chi connectivity index (χ2n) is 7.16. The second kappa shape index (κ2) is 9.04. The lowest BCUT2D eigenvalue weighted by Crippen LogP contribution is -2.39. The summed E-state index contributed by atoms with van der Waals surface area (Å²) in [5, 5.41) is 7.72. The maximum absolute atomic E-state index is 6.22. The van der Waals surface area contributed by atoms with Gasteiger partial charge < -0.3 is 15.5 Å². The first kappa shape index (κ1) is 20.1. The highest BCUT2D eigenvalue weighted by Gasteiger charge is 2.23. The van der Waals surface area contributed by atoms with E-state index in [9.17, 15) is 0 Å². The zero-order valence-corrected chi connectivity index (χ0v) is 17.7. The zero-order valence-electron chi connectivity index (χ0n) is 15.4. The Morgan fingerprint density at radius 2 is 1.81 bits per heavy atom. The molecule has 8 heteroatoms. The standard InChI is InChI=1S/C19H23Cl2N5S/c1-12-7-13(2)11-26(10-12)17-8-16(21)23-18(24-17)25-19(27)22-9-14-3-5-15(20)6-4-14/h3-6,8,12-13H,7,9-11H2,1-2H3,(H2,22,23,24,25,27)/t12-,13-/m1/s1. The normalized spacial score (nSPS) is 19.6. The third kappa shape index (κ3) is 5.92. The van der Waals surface area contributed by atoms with Crippen molar-refractivity contribution in [1.82, 2.24) is 15.3 Å². The Hall–Kier alpha value is -1.63. The predicted molar refractivity (Wildman–Crippen MR) is 117 cm³/mol. The van der Waals surface area contributed by atoms with Crippen LogP contribution in [0.2, 0.25) is 10.2 Å². The Labute approximate surface area is 175 Å². The van der Waals surface area contributed by atoms with Crippen LogP contribution in [0.3, 0.4) is 0 Å². The number of nitrogens with one attached hydrogen (secondary N) is 2. The molecule has 2 aromatic rings. The van der Waals surface area contributed by atoms with Gasteiger partial charge in [0.15, 0.2) is 5.11 Å². The molecule has 5 nitrogen and oxygen atoms in total. The number of hydrogen-bond donors (Lipinski definition) is 2. The molecule has 0 unspecified atom stereocenters. The first-order valence-corrected chi connectivity index (χ1v) is 10.1. The van der Waals surface area contributed by atoms with E-state index >= 15 is 0 Å². The molecule has 0 spiro atoms. The van der Waals surface area contributed by atoms with Crippen molar-refractivity contribution >= 4 is 52.3 Å². The molecule has 0 amide bonds. The lowest BCUT2D eigenvalue weighted by molar-refractivity contribution is 0.355. The first-order chi connectivity index (χ1) is 12.9. The number of thiocarbonyl (C=S) groups is 1. The average Bonchev–Trinajstić information content (AvgIpc) is 2.60. The maximum atomic E-state index is 6.22. The number of piperidine rings is 1. The largest absolute Gasteiger partial charge is 0.358 e. The van der Waals surface area contributed by atoms with Gasteiger partial charge in [-0.2, -0.15) is 4.98 Å². The molecule has 1 saturated heterocycles. The molecule has 3 rings (SSSR count). The Balaban J connectivity index is 1.63. The van der Waals surface area contributed by atoms with Gasteiger partial charge in [0.1, 0.15) is 11.0 Å². The summed E-state index contributed by atoms with van der Waals surface area (Å²) in [6, 6.07) is 9.40. The fourth-order valence-electron chi connectivity index (χ4n) is 3.40. The van der Waals surface area contributed by atoms with E-state index in [0.717, 1.165) is 24.5 Å². The molecular formula is C19H23Cl2N5S. The summed E-state index contributed by atoms with van der Waals surface area (Å²) in [7, 11) is 0. The Kier molecular flexibility index (Phi) is 6.73. The van der Waals surface area contributed by atoms with Crippen molar-refractivity contribution in [3.63, 3.8) is 0 Å². The fraction of sp³-hybridized carbons (Fsp3) is 0.421. The number of hydrogen-bond acceptors (Lipinski definition) is 4. The van der Waals surface area contributed by atoms with Crippen LogP contribution in [0.15, 0.2) is 30.3 Å². The molecule has 0 aliphatic carbocycles. The molecule has 2 atom stereocenters. The summed E-state index contributed by atoms with van der Waals surface area (Å²) in [6.07, 6.45) is 1.24. The van der Waals surface area contributed by atoms with Crippen LogP contribution in [-0.4, -0.2) is 28.2 Å². The number of halogens is 2. The lowest BCUT2D eigenvalue weighted by atomic mass is 9.92. The van der Waals surface area contributed by atoms with Gasteiger partial charge in [0.2, 0.25) is 5.95 Å². The Bertz CT molecular complexity index is 789. The molecule has 1 aliphatic rings. The summed E-state index contributed by atoms with van der Waals surface area (Å²) in [4.78, 5) is 11.1. The summed E-state index contributed by atoms with van der Waals surface area (Å²) >= 11 is 17.5. The van der Waals surface area contributed by atoms with Crippen molar-refractivity contribution in [3.05, 3.63) is 46.1 Å². The summed E-state index contributed by atoms with van der Waals surface area (Å²) < 4.78 is 0. The van der Waals surface area contributed by atoms with Crippen molar-refractivity contribution < 1.29 is 0 Å². The van der Waals surface area contributed by atoms with Crippen LogP contribution < -0.4 is 15.5 Å². The predicted octanol–water partition coefficient (Wildman–Crippen LogP) is 4.75. The topological polar surface area (TPSA) is 53.1 Å². The molecule has 0 bridgehead atoms. The third-order valence-corrected chi connectivity index (χ3v) is 5.16. The second-order valence-corrected chi connectivity index (χ2v) is 8.39. The SMILES string of the molecule is C[C@@H]1C[C@@H](C)CN(c2cc(Cl)nc(NC(=S)NCc3ccc(Cl)cc3)n2)C1. The molecule has 0 radical (unpaired) electrons. The van der Waals surface area contributed by atoms with Gasteiger partial charge in [-0.1, -0.05) is 49.2 Å². The van der Waals surface area contributed by atoms with E-state index in [1.54, 1.807) is 0 Å². The quantitative estimate of drug-likeness (QED) is 0.546. The van der Waals surface area contributed by atoms with Crippen LogP contribution in [0.4, 0.5) is 11.8 Å². The Morgan fingerprint density at radius 3 is 2.48 bits per heavy atom. The molecule has 0 saturated carbocycles. The number of benzene rings is 1. The van der Waals surface area contributed by atoms with E-state index < -0.39 is 0 Å². The highest BCUT2D eigenvalue weighted by atomic mass is 35.5. The van der Waals surface area contributed by atoms with Gasteiger partial charge in [-0.3, -0.25) is 0 Å². The molecule has 1 aromatic heterocycles. The van der Waals surface area contributed by atoms with E-state index in [1.165, 1.54) is 6.42 Å². The van der Waals surface area contributed by atoms with Crippen LogP contribution in [0.5, 0.6) is 0 Å². The van der Waals surface area contributed by atoms with E-state index in [0.29, 0.717) is 39.6 Å². The van der Waals surface area contributed by atoms with E-state index in [4.69, 9.17) is 35.4 Å². The molecule has 1 aromatic carbocycles. The summed E-state index contributed by atoms with van der Waals surface area (Å²) in [6.45, 7) is 7.05. The van der Waals surface area contributed by atoms with Gasteiger partial charge in [-0.15, -0.1) is 0 Å². The minimum absolute atomic E-state index is 0.397. The molecule has 1 aliphatic heterocycles. The van der Waals surface area contributed by atoms with Crippen LogP contribution in [-0.2, 0) is 6.54 Å². The minimum Gasteiger partial charge on any atom is -0.358 e. The number of nitrogens with zero attached hydrogens (tertiary/aromatic N) is 3. The van der Waals surface area contributed by atoms with Crippen LogP contribution in [0.1, 0.15) is 25.8 Å². The zero-order chi connectivity index (χ0) is 19.4. The van der Waals surface area contributed by atoms with E-state index in [-0.39, 0.29) is 0 Å². The smallest absolute Gasteiger partial charge is 0.232 e. The lowest BCUT2D eigenvalue weighted by Gasteiger charge is -2.35. The third-order valence-electron chi connectivity index (χ3n) is 4.47. The molecule has 2 heterocycles. The van der Waals surface area contributed by atoms with Crippen molar-refractivity contribution in [1.29, 1.82) is 0 Å². The minimum atomic E-state index is 0.397. The van der Waals surface area contributed by atoms with Gasteiger partial charge in [0, 0.05) is 30.7 Å².